The molecule has 4 N–H and O–H groups in total. The summed E-state index contributed by atoms with van der Waals surface area (Å²) in [6, 6.07) is 5.16. The second kappa shape index (κ2) is 3.64. The van der Waals surface area contributed by atoms with Crippen molar-refractivity contribution in [2.24, 2.45) is 10.8 Å². The molecule has 0 heterocycles. The standard InChI is InChI=1S/C14H20N2O2/c1-13(2)12(14(13,3)4)16-10-6-5-8(11(17)18)7-9(10)15/h5-7,12,16H,15H2,1-4H3,(H,17,18). The molecule has 2 rings (SSSR count). The molecular weight excluding hydrogens is 228 g/mol. The van der Waals surface area contributed by atoms with Gasteiger partial charge in [-0.1, -0.05) is 27.7 Å². The Bertz CT molecular complexity index is 493. The summed E-state index contributed by atoms with van der Waals surface area (Å²) < 4.78 is 0. The van der Waals surface area contributed by atoms with Gasteiger partial charge in [-0.2, -0.15) is 0 Å². The van der Waals surface area contributed by atoms with Crippen LogP contribution in [-0.4, -0.2) is 17.1 Å². The zero-order chi connectivity index (χ0) is 13.7. The lowest BCUT2D eigenvalue weighted by molar-refractivity contribution is 0.0697. The van der Waals surface area contributed by atoms with Crippen LogP contribution in [0.5, 0.6) is 0 Å². The van der Waals surface area contributed by atoms with Gasteiger partial charge in [-0.25, -0.2) is 4.79 Å². The highest BCUT2D eigenvalue weighted by molar-refractivity contribution is 5.90. The Hall–Kier alpha value is -1.71. The van der Waals surface area contributed by atoms with Crippen molar-refractivity contribution in [2.45, 2.75) is 33.7 Å². The van der Waals surface area contributed by atoms with Crippen molar-refractivity contribution in [1.29, 1.82) is 0 Å². The molecule has 1 fully saturated rings. The number of nitrogen functional groups attached to an aromatic ring is 1. The molecule has 0 saturated heterocycles. The van der Waals surface area contributed by atoms with E-state index < -0.39 is 5.97 Å². The second-order valence-electron chi connectivity index (χ2n) is 6.13. The SMILES string of the molecule is CC1(C)C(Nc2ccc(C(=O)O)cc2N)C1(C)C. The molecule has 0 unspecified atom stereocenters. The minimum Gasteiger partial charge on any atom is -0.478 e. The van der Waals surface area contributed by atoms with Gasteiger partial charge < -0.3 is 16.2 Å². The molecule has 1 aromatic carbocycles. The van der Waals surface area contributed by atoms with Gasteiger partial charge in [0.15, 0.2) is 0 Å². The van der Waals surface area contributed by atoms with Gasteiger partial charge in [-0.15, -0.1) is 0 Å². The van der Waals surface area contributed by atoms with Gasteiger partial charge >= 0.3 is 5.97 Å². The van der Waals surface area contributed by atoms with Crippen LogP contribution in [-0.2, 0) is 0 Å². The summed E-state index contributed by atoms with van der Waals surface area (Å²) in [6.45, 7) is 8.86. The number of anilines is 2. The first-order valence-electron chi connectivity index (χ1n) is 6.07. The first kappa shape index (κ1) is 12.7. The van der Waals surface area contributed by atoms with E-state index in [1.54, 1.807) is 12.1 Å². The minimum atomic E-state index is -0.958. The van der Waals surface area contributed by atoms with Gasteiger partial charge in [0, 0.05) is 6.04 Å². The number of hydrogen-bond donors (Lipinski definition) is 3. The van der Waals surface area contributed by atoms with E-state index in [1.807, 2.05) is 0 Å². The molecule has 0 radical (unpaired) electrons. The first-order valence-corrected chi connectivity index (χ1v) is 6.07. The fraction of sp³-hybridized carbons (Fsp3) is 0.500. The fourth-order valence-corrected chi connectivity index (χ4v) is 2.54. The molecular formula is C14H20N2O2. The van der Waals surface area contributed by atoms with Crippen LogP contribution in [0.2, 0.25) is 0 Å². The molecule has 1 saturated carbocycles. The summed E-state index contributed by atoms with van der Waals surface area (Å²) in [7, 11) is 0. The van der Waals surface area contributed by atoms with Crippen LogP contribution < -0.4 is 11.1 Å². The van der Waals surface area contributed by atoms with E-state index >= 15 is 0 Å². The van der Waals surface area contributed by atoms with Crippen molar-refractivity contribution in [1.82, 2.24) is 0 Å². The summed E-state index contributed by atoms with van der Waals surface area (Å²) in [5, 5.41) is 12.3. The number of rotatable bonds is 3. The molecule has 1 aromatic rings. The maximum atomic E-state index is 10.8. The van der Waals surface area contributed by atoms with E-state index in [2.05, 4.69) is 33.0 Å². The van der Waals surface area contributed by atoms with Crippen molar-refractivity contribution in [3.63, 3.8) is 0 Å². The van der Waals surface area contributed by atoms with Gasteiger partial charge in [-0.05, 0) is 29.0 Å². The molecule has 0 aromatic heterocycles. The van der Waals surface area contributed by atoms with Gasteiger partial charge in [0.1, 0.15) is 0 Å². The molecule has 4 heteroatoms. The maximum Gasteiger partial charge on any atom is 0.335 e. The molecule has 98 valence electrons. The number of nitrogens with two attached hydrogens (primary N) is 1. The number of benzene rings is 1. The van der Waals surface area contributed by atoms with Crippen LogP contribution in [0.3, 0.4) is 0 Å². The Kier molecular flexibility index (Phi) is 2.58. The highest BCUT2D eigenvalue weighted by Gasteiger charge is 2.64. The van der Waals surface area contributed by atoms with Crippen LogP contribution in [0.25, 0.3) is 0 Å². The summed E-state index contributed by atoms with van der Waals surface area (Å²) in [6.07, 6.45) is 0. The number of carbonyl (C=O) groups is 1. The van der Waals surface area contributed by atoms with Crippen LogP contribution in [0.15, 0.2) is 18.2 Å². The van der Waals surface area contributed by atoms with E-state index in [1.165, 1.54) is 6.07 Å². The van der Waals surface area contributed by atoms with Crippen LogP contribution in [0.1, 0.15) is 38.1 Å². The van der Waals surface area contributed by atoms with Crippen molar-refractivity contribution in [2.75, 3.05) is 11.1 Å². The summed E-state index contributed by atoms with van der Waals surface area (Å²) in [4.78, 5) is 10.8. The molecule has 0 aliphatic heterocycles. The van der Waals surface area contributed by atoms with Crippen molar-refractivity contribution < 1.29 is 9.90 Å². The molecule has 1 aliphatic rings. The zero-order valence-corrected chi connectivity index (χ0v) is 11.2. The maximum absolute atomic E-state index is 10.8. The third kappa shape index (κ3) is 1.72. The molecule has 18 heavy (non-hydrogen) atoms. The predicted molar refractivity (Wildman–Crippen MR) is 72.8 cm³/mol. The first-order chi connectivity index (χ1) is 8.18. The topological polar surface area (TPSA) is 75.3 Å². The minimum absolute atomic E-state index is 0.213. The number of carboxylic acid groups (broad SMARTS) is 1. The lowest BCUT2D eigenvalue weighted by Gasteiger charge is -2.11. The molecule has 0 bridgehead atoms. The van der Waals surface area contributed by atoms with Crippen molar-refractivity contribution >= 4 is 17.3 Å². The lowest BCUT2D eigenvalue weighted by Crippen LogP contribution is -2.12. The largest absolute Gasteiger partial charge is 0.478 e. The average molecular weight is 248 g/mol. The van der Waals surface area contributed by atoms with E-state index in [0.29, 0.717) is 11.7 Å². The highest BCUT2D eigenvalue weighted by atomic mass is 16.4. The quantitative estimate of drug-likeness (QED) is 0.719. The van der Waals surface area contributed by atoms with Crippen molar-refractivity contribution in [3.05, 3.63) is 23.8 Å². The average Bonchev–Trinajstić information content (AvgIpc) is 2.63. The van der Waals surface area contributed by atoms with E-state index in [9.17, 15) is 4.79 Å². The van der Waals surface area contributed by atoms with E-state index in [0.717, 1.165) is 5.69 Å². The summed E-state index contributed by atoms with van der Waals surface area (Å²) >= 11 is 0. The molecule has 0 amide bonds. The van der Waals surface area contributed by atoms with Gasteiger partial charge in [0.25, 0.3) is 0 Å². The third-order valence-corrected chi connectivity index (χ3v) is 4.62. The fourth-order valence-electron chi connectivity index (χ4n) is 2.54. The number of carboxylic acids is 1. The molecule has 0 spiro atoms. The van der Waals surface area contributed by atoms with E-state index in [4.69, 9.17) is 10.8 Å². The van der Waals surface area contributed by atoms with E-state index in [-0.39, 0.29) is 16.4 Å². The monoisotopic (exact) mass is 248 g/mol. The Morgan fingerprint density at radius 1 is 1.28 bits per heavy atom. The Morgan fingerprint density at radius 2 is 1.83 bits per heavy atom. The Labute approximate surface area is 107 Å². The summed E-state index contributed by atoms with van der Waals surface area (Å²) in [5.74, 6) is -0.958. The molecule has 0 atom stereocenters. The normalized spacial score (nSPS) is 20.4. The van der Waals surface area contributed by atoms with Crippen LogP contribution in [0.4, 0.5) is 11.4 Å². The number of hydrogen-bond acceptors (Lipinski definition) is 3. The van der Waals surface area contributed by atoms with Crippen LogP contribution in [0, 0.1) is 10.8 Å². The van der Waals surface area contributed by atoms with Crippen molar-refractivity contribution in [3.8, 4) is 0 Å². The van der Waals surface area contributed by atoms with Gasteiger partial charge in [0.2, 0.25) is 0 Å². The smallest absolute Gasteiger partial charge is 0.335 e. The highest BCUT2D eigenvalue weighted by Crippen LogP contribution is 2.63. The molecule has 1 aliphatic carbocycles. The third-order valence-electron chi connectivity index (χ3n) is 4.62. The Balaban J connectivity index is 2.20. The number of aromatic carboxylic acids is 1. The van der Waals surface area contributed by atoms with Gasteiger partial charge in [-0.3, -0.25) is 0 Å². The second-order valence-corrected chi connectivity index (χ2v) is 6.13. The lowest BCUT2D eigenvalue weighted by atomic mass is 10.0. The predicted octanol–water partition coefficient (Wildman–Crippen LogP) is 2.81. The Morgan fingerprint density at radius 3 is 2.22 bits per heavy atom. The van der Waals surface area contributed by atoms with Crippen LogP contribution >= 0.6 is 0 Å². The summed E-state index contributed by atoms with van der Waals surface area (Å²) in [5.41, 5.74) is 7.82. The molecule has 4 nitrogen and oxygen atoms in total. The zero-order valence-electron chi connectivity index (χ0n) is 11.2. The van der Waals surface area contributed by atoms with Gasteiger partial charge in [0.05, 0.1) is 16.9 Å². The number of nitrogens with one attached hydrogen (secondary N) is 1.